The van der Waals surface area contributed by atoms with Gasteiger partial charge in [-0.2, -0.15) is 0 Å². The third kappa shape index (κ3) is 3.07. The monoisotopic (exact) mass is 320 g/mol. The highest BCUT2D eigenvalue weighted by Gasteiger charge is 2.34. The summed E-state index contributed by atoms with van der Waals surface area (Å²) in [6.45, 7) is 9.74. The molecule has 2 atom stereocenters. The molecule has 2 aromatic rings. The van der Waals surface area contributed by atoms with Gasteiger partial charge in [0.05, 0.1) is 8.80 Å². The standard InChI is InChI=1S/C22H28Si/c1-5-16(2)21-19-14-10-9-13-18(19)20(22(21)23(3)4)15-17-11-7-6-8-12-17/h6-14,16,20,23H,5,15H2,1-4H3. The van der Waals surface area contributed by atoms with E-state index in [4.69, 9.17) is 0 Å². The van der Waals surface area contributed by atoms with Crippen molar-refractivity contribution in [2.45, 2.75) is 45.7 Å². The van der Waals surface area contributed by atoms with Gasteiger partial charge in [-0.25, -0.2) is 0 Å². The van der Waals surface area contributed by atoms with Gasteiger partial charge in [0.1, 0.15) is 0 Å². The van der Waals surface area contributed by atoms with E-state index in [9.17, 15) is 0 Å². The third-order valence-electron chi connectivity index (χ3n) is 5.32. The van der Waals surface area contributed by atoms with E-state index < -0.39 is 8.80 Å². The van der Waals surface area contributed by atoms with Crippen molar-refractivity contribution in [2.75, 3.05) is 0 Å². The largest absolute Gasteiger partial charge is 0.0730 e. The van der Waals surface area contributed by atoms with Crippen LogP contribution < -0.4 is 0 Å². The van der Waals surface area contributed by atoms with E-state index in [2.05, 4.69) is 81.5 Å². The molecule has 2 aromatic carbocycles. The first-order valence-electron chi connectivity index (χ1n) is 9.00. The highest BCUT2D eigenvalue weighted by atomic mass is 28.3. The number of rotatable bonds is 5. The van der Waals surface area contributed by atoms with Crippen molar-refractivity contribution in [3.05, 3.63) is 76.5 Å². The van der Waals surface area contributed by atoms with Crippen molar-refractivity contribution < 1.29 is 0 Å². The predicted octanol–water partition coefficient (Wildman–Crippen LogP) is 5.85. The van der Waals surface area contributed by atoms with Crippen LogP contribution in [0.3, 0.4) is 0 Å². The summed E-state index contributed by atoms with van der Waals surface area (Å²) in [6, 6.07) is 20.2. The van der Waals surface area contributed by atoms with Gasteiger partial charge in [-0.3, -0.25) is 0 Å². The molecule has 0 radical (unpaired) electrons. The fraction of sp³-hybridized carbons (Fsp3) is 0.364. The van der Waals surface area contributed by atoms with E-state index >= 15 is 0 Å². The Kier molecular flexibility index (Phi) is 4.86. The van der Waals surface area contributed by atoms with Crippen molar-refractivity contribution in [1.82, 2.24) is 0 Å². The molecule has 2 unspecified atom stereocenters. The molecule has 0 bridgehead atoms. The van der Waals surface area contributed by atoms with Crippen LogP contribution in [0, 0.1) is 5.92 Å². The summed E-state index contributed by atoms with van der Waals surface area (Å²) in [5, 5.41) is 1.81. The highest BCUT2D eigenvalue weighted by molar-refractivity contribution is 6.66. The van der Waals surface area contributed by atoms with Crippen molar-refractivity contribution in [3.63, 3.8) is 0 Å². The average molecular weight is 321 g/mol. The molecule has 0 nitrogen and oxygen atoms in total. The minimum Gasteiger partial charge on any atom is -0.0730 e. The molecule has 0 amide bonds. The normalized spacial score (nSPS) is 18.4. The number of hydrogen-bond donors (Lipinski definition) is 0. The molecular formula is C22H28Si. The van der Waals surface area contributed by atoms with Gasteiger partial charge in [0.2, 0.25) is 0 Å². The van der Waals surface area contributed by atoms with Gasteiger partial charge in [0.25, 0.3) is 0 Å². The van der Waals surface area contributed by atoms with Gasteiger partial charge in [-0.05, 0) is 41.0 Å². The van der Waals surface area contributed by atoms with Crippen LogP contribution in [0.2, 0.25) is 13.1 Å². The van der Waals surface area contributed by atoms with E-state index in [0.29, 0.717) is 11.8 Å². The Morgan fingerprint density at radius 2 is 1.61 bits per heavy atom. The minimum atomic E-state index is -0.857. The summed E-state index contributed by atoms with van der Waals surface area (Å²) in [5.41, 5.74) is 6.26. The van der Waals surface area contributed by atoms with E-state index in [1.165, 1.54) is 12.0 Å². The first-order valence-corrected chi connectivity index (χ1v) is 11.9. The smallest absolute Gasteiger partial charge is 0.0607 e. The molecule has 3 rings (SSSR count). The molecule has 0 spiro atoms. The molecule has 0 aliphatic heterocycles. The summed E-state index contributed by atoms with van der Waals surface area (Å²) in [4.78, 5) is 0. The van der Waals surface area contributed by atoms with Crippen LogP contribution in [0.25, 0.3) is 5.57 Å². The third-order valence-corrected chi connectivity index (χ3v) is 7.28. The minimum absolute atomic E-state index is 0.601. The zero-order valence-electron chi connectivity index (χ0n) is 14.8. The molecule has 1 aliphatic rings. The lowest BCUT2D eigenvalue weighted by Crippen LogP contribution is -2.16. The quantitative estimate of drug-likeness (QED) is 0.606. The molecule has 0 fully saturated rings. The topological polar surface area (TPSA) is 0 Å². The molecule has 0 saturated carbocycles. The molecule has 1 heteroatoms. The van der Waals surface area contributed by atoms with Gasteiger partial charge in [-0.15, -0.1) is 0 Å². The van der Waals surface area contributed by atoms with Crippen LogP contribution in [-0.4, -0.2) is 8.80 Å². The summed E-state index contributed by atoms with van der Waals surface area (Å²) >= 11 is 0. The molecule has 120 valence electrons. The second kappa shape index (κ2) is 6.88. The van der Waals surface area contributed by atoms with Crippen LogP contribution in [0.4, 0.5) is 0 Å². The zero-order chi connectivity index (χ0) is 16.4. The van der Waals surface area contributed by atoms with Crippen molar-refractivity contribution in [3.8, 4) is 0 Å². The molecule has 0 aromatic heterocycles. The first kappa shape index (κ1) is 16.3. The van der Waals surface area contributed by atoms with Crippen molar-refractivity contribution >= 4 is 14.4 Å². The van der Waals surface area contributed by atoms with Crippen LogP contribution in [0.1, 0.15) is 42.9 Å². The van der Waals surface area contributed by atoms with E-state index in [0.717, 1.165) is 6.42 Å². The van der Waals surface area contributed by atoms with Crippen LogP contribution in [0.5, 0.6) is 0 Å². The van der Waals surface area contributed by atoms with Gasteiger partial charge in [0.15, 0.2) is 0 Å². The molecular weight excluding hydrogens is 292 g/mol. The van der Waals surface area contributed by atoms with Crippen LogP contribution in [-0.2, 0) is 6.42 Å². The Balaban J connectivity index is 2.10. The van der Waals surface area contributed by atoms with Crippen molar-refractivity contribution in [2.24, 2.45) is 5.92 Å². The first-order chi connectivity index (χ1) is 11.1. The van der Waals surface area contributed by atoms with Gasteiger partial charge >= 0.3 is 0 Å². The van der Waals surface area contributed by atoms with Gasteiger partial charge in [-0.1, -0.05) is 86.7 Å². The van der Waals surface area contributed by atoms with E-state index in [1.54, 1.807) is 16.7 Å². The molecule has 0 N–H and O–H groups in total. The SMILES string of the molecule is CCC(C)C1=C([SiH](C)C)C(Cc2ccccc2)c2ccccc21. The number of hydrogen-bond acceptors (Lipinski definition) is 0. The maximum absolute atomic E-state index is 2.50. The highest BCUT2D eigenvalue weighted by Crippen LogP contribution is 2.48. The Morgan fingerprint density at radius 1 is 0.957 bits per heavy atom. The Labute approximate surface area is 142 Å². The maximum Gasteiger partial charge on any atom is 0.0607 e. The average Bonchev–Trinajstić information content (AvgIpc) is 2.90. The van der Waals surface area contributed by atoms with Crippen LogP contribution in [0.15, 0.2) is 59.8 Å². The maximum atomic E-state index is 2.50. The van der Waals surface area contributed by atoms with Gasteiger partial charge in [0, 0.05) is 5.92 Å². The summed E-state index contributed by atoms with van der Waals surface area (Å²) in [6.07, 6.45) is 2.38. The Morgan fingerprint density at radius 3 is 2.26 bits per heavy atom. The summed E-state index contributed by atoms with van der Waals surface area (Å²) in [7, 11) is -0.857. The summed E-state index contributed by atoms with van der Waals surface area (Å²) < 4.78 is 0. The van der Waals surface area contributed by atoms with Crippen LogP contribution >= 0.6 is 0 Å². The summed E-state index contributed by atoms with van der Waals surface area (Å²) in [5.74, 6) is 1.27. The van der Waals surface area contributed by atoms with Crippen molar-refractivity contribution in [1.29, 1.82) is 0 Å². The predicted molar refractivity (Wildman–Crippen MR) is 105 cm³/mol. The molecule has 23 heavy (non-hydrogen) atoms. The molecule has 0 heterocycles. The molecule has 1 aliphatic carbocycles. The van der Waals surface area contributed by atoms with Gasteiger partial charge < -0.3 is 0 Å². The number of benzene rings is 2. The number of allylic oxidation sites excluding steroid dienone is 2. The molecule has 0 saturated heterocycles. The lowest BCUT2D eigenvalue weighted by Gasteiger charge is -2.22. The lowest BCUT2D eigenvalue weighted by atomic mass is 9.92. The zero-order valence-corrected chi connectivity index (χ0v) is 16.0. The Bertz CT molecular complexity index is 697. The fourth-order valence-electron chi connectivity index (χ4n) is 4.09. The van der Waals surface area contributed by atoms with E-state index in [-0.39, 0.29) is 0 Å². The fourth-order valence-corrected chi connectivity index (χ4v) is 6.26. The second-order valence-electron chi connectivity index (χ2n) is 7.16. The Hall–Kier alpha value is -1.60. The second-order valence-corrected chi connectivity index (χ2v) is 10.1. The lowest BCUT2D eigenvalue weighted by molar-refractivity contribution is 0.715. The van der Waals surface area contributed by atoms with E-state index in [1.807, 2.05) is 5.20 Å². The number of fused-ring (bicyclic) bond motifs is 1.